The van der Waals surface area contributed by atoms with Crippen LogP contribution in [0.15, 0.2) is 53.6 Å². The first kappa shape index (κ1) is 19.7. The number of nitrogens with two attached hydrogens (primary N) is 1. The van der Waals surface area contributed by atoms with E-state index in [9.17, 15) is 9.59 Å². The van der Waals surface area contributed by atoms with Crippen LogP contribution in [0.5, 0.6) is 5.75 Å². The van der Waals surface area contributed by atoms with Crippen LogP contribution in [0.1, 0.15) is 27.2 Å². The molecule has 8 heteroatoms. The summed E-state index contributed by atoms with van der Waals surface area (Å²) in [7, 11) is 0. The number of carbonyl (C=O) groups is 1. The third kappa shape index (κ3) is 4.82. The van der Waals surface area contributed by atoms with Gasteiger partial charge >= 0.3 is 0 Å². The molecule has 0 aliphatic carbocycles. The molecular weight excluding hydrogens is 380 g/mol. The van der Waals surface area contributed by atoms with Gasteiger partial charge in [-0.1, -0.05) is 29.8 Å². The van der Waals surface area contributed by atoms with E-state index in [4.69, 9.17) is 22.1 Å². The van der Waals surface area contributed by atoms with Gasteiger partial charge in [-0.25, -0.2) is 4.68 Å². The zero-order valence-corrected chi connectivity index (χ0v) is 16.0. The second-order valence-electron chi connectivity index (χ2n) is 6.22. The van der Waals surface area contributed by atoms with Crippen LogP contribution < -0.4 is 16.0 Å². The number of hydrogen-bond acceptors (Lipinski definition) is 6. The predicted octanol–water partition coefficient (Wildman–Crippen LogP) is 2.52. The lowest BCUT2D eigenvalue weighted by Crippen LogP contribution is -2.26. The van der Waals surface area contributed by atoms with Crippen LogP contribution in [-0.2, 0) is 19.7 Å². The molecule has 0 radical (unpaired) electrons. The van der Waals surface area contributed by atoms with E-state index < -0.39 is 5.56 Å². The summed E-state index contributed by atoms with van der Waals surface area (Å²) in [6.07, 6.45) is 2.92. The lowest BCUT2D eigenvalue weighted by molar-refractivity contribution is 0.0964. The van der Waals surface area contributed by atoms with Gasteiger partial charge < -0.3 is 10.5 Å². The molecule has 2 heterocycles. The Hall–Kier alpha value is -3.03. The number of carbonyl (C=O) groups excluding carboxylic acids is 1. The first-order valence-electron chi connectivity index (χ1n) is 8.59. The minimum Gasteiger partial charge on any atom is -0.485 e. The van der Waals surface area contributed by atoms with Gasteiger partial charge in [-0.05, 0) is 30.2 Å². The molecule has 0 bridgehead atoms. The van der Waals surface area contributed by atoms with E-state index in [0.29, 0.717) is 28.6 Å². The van der Waals surface area contributed by atoms with E-state index in [0.717, 1.165) is 15.8 Å². The van der Waals surface area contributed by atoms with Gasteiger partial charge in [0.05, 0.1) is 16.9 Å². The zero-order valence-electron chi connectivity index (χ0n) is 15.3. The lowest BCUT2D eigenvalue weighted by Gasteiger charge is -2.09. The van der Waals surface area contributed by atoms with Crippen molar-refractivity contribution in [2.24, 2.45) is 5.73 Å². The number of Topliss-reactive ketones (excluding diaryl/α,β-unsaturated/α-hetero) is 1. The molecule has 0 aliphatic rings. The number of aryl methyl sites for hydroxylation is 1. The SMILES string of the molecule is Cc1cc(CN)ccc1C(=O)Cn1ncc(OCc2ccc(Cl)cn2)cc1=O. The molecule has 1 aromatic carbocycles. The van der Waals surface area contributed by atoms with Gasteiger partial charge in [0.15, 0.2) is 5.78 Å². The number of ketones is 1. The summed E-state index contributed by atoms with van der Waals surface area (Å²) in [6.45, 7) is 2.27. The molecule has 3 rings (SSSR count). The number of ether oxygens (including phenoxy) is 1. The molecule has 2 aromatic heterocycles. The number of nitrogens with zero attached hydrogens (tertiary/aromatic N) is 3. The van der Waals surface area contributed by atoms with Gasteiger partial charge in [-0.3, -0.25) is 14.6 Å². The van der Waals surface area contributed by atoms with Crippen LogP contribution in [0.2, 0.25) is 5.02 Å². The van der Waals surface area contributed by atoms with Gasteiger partial charge in [0.2, 0.25) is 0 Å². The molecular formula is C20H19ClN4O3. The molecule has 7 nitrogen and oxygen atoms in total. The lowest BCUT2D eigenvalue weighted by atomic mass is 10.0. The molecule has 0 amide bonds. The fourth-order valence-electron chi connectivity index (χ4n) is 2.65. The van der Waals surface area contributed by atoms with Crippen molar-refractivity contribution in [2.75, 3.05) is 0 Å². The largest absolute Gasteiger partial charge is 0.485 e. The van der Waals surface area contributed by atoms with Gasteiger partial charge in [-0.2, -0.15) is 5.10 Å². The Labute approximate surface area is 166 Å². The van der Waals surface area contributed by atoms with E-state index in [2.05, 4.69) is 10.1 Å². The Morgan fingerprint density at radius 3 is 2.68 bits per heavy atom. The average Bonchev–Trinajstić information content (AvgIpc) is 2.69. The molecule has 2 N–H and O–H groups in total. The summed E-state index contributed by atoms with van der Waals surface area (Å²) in [5.74, 6) is 0.101. The summed E-state index contributed by atoms with van der Waals surface area (Å²) >= 11 is 5.79. The van der Waals surface area contributed by atoms with Gasteiger partial charge in [0.1, 0.15) is 18.9 Å². The Morgan fingerprint density at radius 2 is 2.04 bits per heavy atom. The summed E-state index contributed by atoms with van der Waals surface area (Å²) < 4.78 is 6.63. The molecule has 0 saturated carbocycles. The van der Waals surface area contributed by atoms with Crippen molar-refractivity contribution in [3.63, 3.8) is 0 Å². The quantitative estimate of drug-likeness (QED) is 0.614. The average molecular weight is 399 g/mol. The molecule has 0 saturated heterocycles. The minimum atomic E-state index is -0.425. The van der Waals surface area contributed by atoms with Crippen LogP contribution in [0.3, 0.4) is 0 Å². The van der Waals surface area contributed by atoms with Gasteiger partial charge in [-0.15, -0.1) is 0 Å². The maximum atomic E-state index is 12.5. The second kappa shape index (κ2) is 8.77. The topological polar surface area (TPSA) is 100 Å². The fraction of sp³-hybridized carbons (Fsp3) is 0.200. The first-order chi connectivity index (χ1) is 13.5. The second-order valence-corrected chi connectivity index (χ2v) is 6.66. The van der Waals surface area contributed by atoms with Crippen LogP contribution in [-0.4, -0.2) is 20.5 Å². The van der Waals surface area contributed by atoms with Crippen molar-refractivity contribution >= 4 is 17.4 Å². The van der Waals surface area contributed by atoms with E-state index in [1.54, 1.807) is 24.3 Å². The monoisotopic (exact) mass is 398 g/mol. The number of halogens is 1. The Morgan fingerprint density at radius 1 is 1.21 bits per heavy atom. The molecule has 0 unspecified atom stereocenters. The van der Waals surface area contributed by atoms with Crippen molar-refractivity contribution < 1.29 is 9.53 Å². The first-order valence-corrected chi connectivity index (χ1v) is 8.97. The maximum absolute atomic E-state index is 12.5. The van der Waals surface area contributed by atoms with E-state index in [1.165, 1.54) is 18.5 Å². The highest BCUT2D eigenvalue weighted by atomic mass is 35.5. The normalized spacial score (nSPS) is 10.7. The van der Waals surface area contributed by atoms with Crippen molar-refractivity contribution in [1.29, 1.82) is 0 Å². The highest BCUT2D eigenvalue weighted by molar-refractivity contribution is 6.30. The predicted molar refractivity (Wildman–Crippen MR) is 105 cm³/mol. The fourth-order valence-corrected chi connectivity index (χ4v) is 2.76. The van der Waals surface area contributed by atoms with Crippen LogP contribution >= 0.6 is 11.6 Å². The summed E-state index contributed by atoms with van der Waals surface area (Å²) in [6, 6.07) is 10.1. The smallest absolute Gasteiger partial charge is 0.270 e. The molecule has 0 aliphatic heterocycles. The van der Waals surface area contributed by atoms with E-state index >= 15 is 0 Å². The van der Waals surface area contributed by atoms with Crippen molar-refractivity contribution in [2.45, 2.75) is 26.6 Å². The minimum absolute atomic E-state index is 0.152. The standard InChI is InChI=1S/C20H19ClN4O3/c1-13-6-14(8-22)2-5-18(13)19(26)11-25-20(27)7-17(10-24-25)28-12-16-4-3-15(21)9-23-16/h2-7,9-10H,8,11-12,22H2,1H3. The number of benzene rings is 1. The van der Waals surface area contributed by atoms with E-state index in [-0.39, 0.29) is 18.9 Å². The van der Waals surface area contributed by atoms with Crippen molar-refractivity contribution in [3.8, 4) is 5.75 Å². The summed E-state index contributed by atoms with van der Waals surface area (Å²) in [4.78, 5) is 28.9. The molecule has 144 valence electrons. The van der Waals surface area contributed by atoms with Crippen molar-refractivity contribution in [3.05, 3.63) is 86.6 Å². The van der Waals surface area contributed by atoms with E-state index in [1.807, 2.05) is 13.0 Å². The van der Waals surface area contributed by atoms with Gasteiger partial charge in [0.25, 0.3) is 5.56 Å². The summed E-state index contributed by atoms with van der Waals surface area (Å²) in [5.41, 5.74) is 8.15. The highest BCUT2D eigenvalue weighted by Gasteiger charge is 2.12. The molecule has 0 fully saturated rings. The molecule has 3 aromatic rings. The number of pyridine rings is 1. The zero-order chi connectivity index (χ0) is 20.1. The van der Waals surface area contributed by atoms with Crippen LogP contribution in [0, 0.1) is 6.92 Å². The maximum Gasteiger partial charge on any atom is 0.270 e. The van der Waals surface area contributed by atoms with Crippen molar-refractivity contribution in [1.82, 2.24) is 14.8 Å². The summed E-state index contributed by atoms with van der Waals surface area (Å²) in [5, 5.41) is 4.56. The molecule has 0 atom stereocenters. The molecule has 28 heavy (non-hydrogen) atoms. The van der Waals surface area contributed by atoms with Crippen LogP contribution in [0.4, 0.5) is 0 Å². The highest BCUT2D eigenvalue weighted by Crippen LogP contribution is 2.13. The van der Waals surface area contributed by atoms with Gasteiger partial charge in [0, 0.05) is 24.4 Å². The Kier molecular flexibility index (Phi) is 6.18. The number of aromatic nitrogens is 3. The Balaban J connectivity index is 1.67. The number of hydrogen-bond donors (Lipinski definition) is 1. The Bertz CT molecular complexity index is 1050. The molecule has 0 spiro atoms. The third-order valence-corrected chi connectivity index (χ3v) is 4.36. The third-order valence-electron chi connectivity index (χ3n) is 4.14. The number of rotatable bonds is 7. The van der Waals surface area contributed by atoms with Crippen LogP contribution in [0.25, 0.3) is 0 Å².